The molecule has 1 aliphatic rings. The summed E-state index contributed by atoms with van der Waals surface area (Å²) in [5, 5.41) is 3.21. The Bertz CT molecular complexity index is 415. The molecule has 104 valence electrons. The molecule has 1 fully saturated rings. The van der Waals surface area contributed by atoms with E-state index >= 15 is 0 Å². The van der Waals surface area contributed by atoms with E-state index in [0.717, 1.165) is 19.3 Å². The van der Waals surface area contributed by atoms with Crippen molar-refractivity contribution < 1.29 is 4.79 Å². The summed E-state index contributed by atoms with van der Waals surface area (Å²) in [6.45, 7) is 4.45. The number of hydrogen-bond donors (Lipinski definition) is 1. The van der Waals surface area contributed by atoms with E-state index in [1.165, 1.54) is 18.4 Å². The van der Waals surface area contributed by atoms with E-state index in [1.807, 2.05) is 6.07 Å². The fourth-order valence-corrected chi connectivity index (χ4v) is 3.30. The van der Waals surface area contributed by atoms with Gasteiger partial charge in [-0.15, -0.1) is 0 Å². The molecule has 19 heavy (non-hydrogen) atoms. The minimum atomic E-state index is 0.170. The minimum Gasteiger partial charge on any atom is -0.352 e. The summed E-state index contributed by atoms with van der Waals surface area (Å²) >= 11 is 0. The Kier molecular flexibility index (Phi) is 4.62. The first kappa shape index (κ1) is 14.1. The topological polar surface area (TPSA) is 29.1 Å². The van der Waals surface area contributed by atoms with Gasteiger partial charge in [-0.1, -0.05) is 57.0 Å². The molecule has 0 radical (unpaired) electrons. The number of carbonyl (C=O) groups is 1. The Labute approximate surface area is 116 Å². The van der Waals surface area contributed by atoms with Gasteiger partial charge in [-0.3, -0.25) is 4.79 Å². The molecule has 2 heteroatoms. The zero-order valence-corrected chi connectivity index (χ0v) is 12.1. The van der Waals surface area contributed by atoms with Crippen molar-refractivity contribution in [3.8, 4) is 0 Å². The molecule has 1 heterocycles. The van der Waals surface area contributed by atoms with E-state index in [9.17, 15) is 4.79 Å². The maximum atomic E-state index is 11.9. The summed E-state index contributed by atoms with van der Waals surface area (Å²) in [7, 11) is 0. The Hall–Kier alpha value is -1.31. The van der Waals surface area contributed by atoms with Crippen molar-refractivity contribution in [1.29, 1.82) is 0 Å². The molecule has 1 aliphatic heterocycles. The van der Waals surface area contributed by atoms with Crippen molar-refractivity contribution in [1.82, 2.24) is 5.32 Å². The molecule has 0 spiro atoms. The number of hydrogen-bond acceptors (Lipinski definition) is 1. The number of carbonyl (C=O) groups excluding carboxylic acids is 1. The van der Waals surface area contributed by atoms with E-state index in [2.05, 4.69) is 43.4 Å². The van der Waals surface area contributed by atoms with Gasteiger partial charge in [0.25, 0.3) is 0 Å². The highest BCUT2D eigenvalue weighted by molar-refractivity contribution is 5.80. The smallest absolute Gasteiger partial charge is 0.220 e. The van der Waals surface area contributed by atoms with Crippen LogP contribution in [0.3, 0.4) is 0 Å². The van der Waals surface area contributed by atoms with Gasteiger partial charge in [0.15, 0.2) is 0 Å². The van der Waals surface area contributed by atoms with Gasteiger partial charge in [-0.2, -0.15) is 0 Å². The molecule has 2 rings (SSSR count). The van der Waals surface area contributed by atoms with E-state index < -0.39 is 0 Å². The fourth-order valence-electron chi connectivity index (χ4n) is 3.30. The number of benzene rings is 1. The zero-order valence-electron chi connectivity index (χ0n) is 12.1. The second-order valence-corrected chi connectivity index (χ2v) is 5.81. The summed E-state index contributed by atoms with van der Waals surface area (Å²) in [6.07, 6.45) is 6.34. The van der Waals surface area contributed by atoms with Crippen molar-refractivity contribution >= 4 is 5.91 Å². The van der Waals surface area contributed by atoms with Crippen molar-refractivity contribution in [2.75, 3.05) is 0 Å². The number of nitrogens with one attached hydrogen (secondary N) is 1. The second kappa shape index (κ2) is 6.23. The first-order valence-corrected chi connectivity index (χ1v) is 7.53. The molecular weight excluding hydrogens is 234 g/mol. The van der Waals surface area contributed by atoms with Gasteiger partial charge in [0.2, 0.25) is 5.91 Å². The maximum absolute atomic E-state index is 11.9. The van der Waals surface area contributed by atoms with E-state index in [1.54, 1.807) is 0 Å². The zero-order chi connectivity index (χ0) is 13.7. The molecule has 0 saturated carbocycles. The van der Waals surface area contributed by atoms with Gasteiger partial charge in [-0.05, 0) is 30.2 Å². The third kappa shape index (κ3) is 3.17. The predicted octanol–water partition coefficient (Wildman–Crippen LogP) is 3.70. The Balaban J connectivity index is 2.13. The minimum absolute atomic E-state index is 0.170. The first-order valence-electron chi connectivity index (χ1n) is 7.53. The highest BCUT2D eigenvalue weighted by atomic mass is 16.2. The van der Waals surface area contributed by atoms with Crippen molar-refractivity contribution in [2.24, 2.45) is 5.41 Å². The van der Waals surface area contributed by atoms with Gasteiger partial charge in [-0.25, -0.2) is 0 Å². The van der Waals surface area contributed by atoms with E-state index in [4.69, 9.17) is 0 Å². The summed E-state index contributed by atoms with van der Waals surface area (Å²) in [5.74, 6) is 0.235. The lowest BCUT2D eigenvalue weighted by Gasteiger charge is -2.33. The highest BCUT2D eigenvalue weighted by Gasteiger charge is 2.44. The SMILES string of the molecule is CCCCC1(CC)CC(=O)NC1Cc1ccccc1. The van der Waals surface area contributed by atoms with E-state index in [-0.39, 0.29) is 11.3 Å². The van der Waals surface area contributed by atoms with Crippen molar-refractivity contribution in [3.63, 3.8) is 0 Å². The van der Waals surface area contributed by atoms with Gasteiger partial charge >= 0.3 is 0 Å². The molecule has 2 unspecified atom stereocenters. The lowest BCUT2D eigenvalue weighted by molar-refractivity contribution is -0.119. The van der Waals surface area contributed by atoms with Crippen LogP contribution >= 0.6 is 0 Å². The van der Waals surface area contributed by atoms with Crippen LogP contribution in [0.1, 0.15) is 51.5 Å². The first-order chi connectivity index (χ1) is 9.20. The fraction of sp³-hybridized carbons (Fsp3) is 0.588. The van der Waals surface area contributed by atoms with Crippen LogP contribution in [0, 0.1) is 5.41 Å². The third-order valence-electron chi connectivity index (χ3n) is 4.60. The van der Waals surface area contributed by atoms with Gasteiger partial charge in [0, 0.05) is 12.5 Å². The number of rotatable bonds is 6. The van der Waals surface area contributed by atoms with Crippen LogP contribution in [0.4, 0.5) is 0 Å². The molecule has 1 N–H and O–H groups in total. The van der Waals surface area contributed by atoms with Crippen molar-refractivity contribution in [2.45, 2.75) is 58.4 Å². The van der Waals surface area contributed by atoms with Crippen LogP contribution in [0.25, 0.3) is 0 Å². The van der Waals surface area contributed by atoms with Crippen LogP contribution in [0.15, 0.2) is 30.3 Å². The summed E-state index contributed by atoms with van der Waals surface area (Å²) in [6, 6.07) is 10.8. The molecule has 0 aromatic heterocycles. The molecule has 1 aromatic rings. The second-order valence-electron chi connectivity index (χ2n) is 5.81. The summed E-state index contributed by atoms with van der Waals surface area (Å²) < 4.78 is 0. The number of amides is 1. The van der Waals surface area contributed by atoms with E-state index in [0.29, 0.717) is 12.5 Å². The largest absolute Gasteiger partial charge is 0.352 e. The van der Waals surface area contributed by atoms with Gasteiger partial charge in [0.05, 0.1) is 0 Å². The Morgan fingerprint density at radius 2 is 2.00 bits per heavy atom. The predicted molar refractivity (Wildman–Crippen MR) is 78.9 cm³/mol. The molecular formula is C17H25NO. The quantitative estimate of drug-likeness (QED) is 0.829. The Morgan fingerprint density at radius 1 is 1.26 bits per heavy atom. The van der Waals surface area contributed by atoms with Crippen LogP contribution in [0.5, 0.6) is 0 Å². The van der Waals surface area contributed by atoms with Gasteiger partial charge in [0.1, 0.15) is 0 Å². The monoisotopic (exact) mass is 259 g/mol. The molecule has 2 atom stereocenters. The van der Waals surface area contributed by atoms with Crippen LogP contribution in [-0.2, 0) is 11.2 Å². The summed E-state index contributed by atoms with van der Waals surface area (Å²) in [5.41, 5.74) is 1.49. The maximum Gasteiger partial charge on any atom is 0.220 e. The van der Waals surface area contributed by atoms with Crippen LogP contribution < -0.4 is 5.32 Å². The Morgan fingerprint density at radius 3 is 2.63 bits per heavy atom. The number of unbranched alkanes of at least 4 members (excludes halogenated alkanes) is 1. The van der Waals surface area contributed by atoms with Crippen LogP contribution in [-0.4, -0.2) is 11.9 Å². The third-order valence-corrected chi connectivity index (χ3v) is 4.60. The molecule has 2 nitrogen and oxygen atoms in total. The molecule has 0 aliphatic carbocycles. The molecule has 0 bridgehead atoms. The average Bonchev–Trinajstić information content (AvgIpc) is 2.74. The van der Waals surface area contributed by atoms with Crippen molar-refractivity contribution in [3.05, 3.63) is 35.9 Å². The average molecular weight is 259 g/mol. The lowest BCUT2D eigenvalue weighted by Crippen LogP contribution is -2.38. The molecule has 1 amide bonds. The summed E-state index contributed by atoms with van der Waals surface area (Å²) in [4.78, 5) is 11.9. The molecule has 1 saturated heterocycles. The lowest BCUT2D eigenvalue weighted by atomic mass is 9.72. The normalized spacial score (nSPS) is 26.4. The van der Waals surface area contributed by atoms with Gasteiger partial charge < -0.3 is 5.32 Å². The molecule has 1 aromatic carbocycles. The standard InChI is InChI=1S/C17H25NO/c1-3-5-11-17(4-2)13-16(19)18-15(17)12-14-9-7-6-8-10-14/h6-10,15H,3-5,11-13H2,1-2H3,(H,18,19). The highest BCUT2D eigenvalue weighted by Crippen LogP contribution is 2.41. The van der Waals surface area contributed by atoms with Crippen LogP contribution in [0.2, 0.25) is 0 Å².